The molecular formula is C4H2O5. The molecule has 48 valence electrons. The first-order valence-electron chi connectivity index (χ1n) is 1.73. The Kier molecular flexibility index (Phi) is 3.38. The molecule has 0 atom stereocenters. The highest BCUT2D eigenvalue weighted by Crippen LogP contribution is 1.81. The lowest BCUT2D eigenvalue weighted by Gasteiger charge is -1.93. The Morgan fingerprint density at radius 2 is 1.33 bits per heavy atom. The molecule has 5 heteroatoms. The van der Waals surface area contributed by atoms with E-state index >= 15 is 0 Å². The lowest BCUT2D eigenvalue weighted by molar-refractivity contribution is -0.456. The predicted molar refractivity (Wildman–Crippen MR) is 21.9 cm³/mol. The normalized spacial score (nSPS) is 8.22. The summed E-state index contributed by atoms with van der Waals surface area (Å²) in [7, 11) is 0. The van der Waals surface area contributed by atoms with Crippen molar-refractivity contribution in [2.75, 3.05) is 0 Å². The van der Waals surface area contributed by atoms with Gasteiger partial charge in [0.05, 0.1) is 13.8 Å². The van der Waals surface area contributed by atoms with Crippen molar-refractivity contribution in [2.24, 2.45) is 0 Å². The SMILES string of the molecule is [CH]C(=O)OOOC([CH])=O. The second-order valence-corrected chi connectivity index (χ2v) is 0.873. The molecule has 0 unspecified atom stereocenters. The molecule has 0 aromatic heterocycles. The van der Waals surface area contributed by atoms with E-state index in [4.69, 9.17) is 0 Å². The van der Waals surface area contributed by atoms with Gasteiger partial charge in [0, 0.05) is 5.04 Å². The lowest BCUT2D eigenvalue weighted by Crippen LogP contribution is -2.05. The topological polar surface area (TPSA) is 61.8 Å². The fraction of sp³-hybridized carbons (Fsp3) is 0. The zero-order chi connectivity index (χ0) is 7.28. The summed E-state index contributed by atoms with van der Waals surface area (Å²) in [5.41, 5.74) is 0. The maximum atomic E-state index is 9.62. The molecule has 0 aromatic rings. The molecule has 5 nitrogen and oxygen atoms in total. The van der Waals surface area contributed by atoms with Crippen molar-refractivity contribution < 1.29 is 24.4 Å². The van der Waals surface area contributed by atoms with Gasteiger partial charge in [0.1, 0.15) is 0 Å². The molecule has 9 heavy (non-hydrogen) atoms. The van der Waals surface area contributed by atoms with Gasteiger partial charge in [-0.25, -0.2) is 9.59 Å². The number of hydrogen-bond acceptors (Lipinski definition) is 5. The Morgan fingerprint density at radius 1 is 1.00 bits per heavy atom. The molecule has 0 saturated heterocycles. The van der Waals surface area contributed by atoms with Crippen LogP contribution in [0.3, 0.4) is 0 Å². The first-order chi connectivity index (χ1) is 4.13. The van der Waals surface area contributed by atoms with Crippen molar-refractivity contribution in [3.63, 3.8) is 0 Å². The molecule has 0 saturated carbocycles. The monoisotopic (exact) mass is 130 g/mol. The van der Waals surface area contributed by atoms with Crippen LogP contribution in [-0.4, -0.2) is 11.9 Å². The number of carbonyl (C=O) groups is 2. The van der Waals surface area contributed by atoms with Crippen LogP contribution >= 0.6 is 0 Å². The van der Waals surface area contributed by atoms with E-state index in [0.717, 1.165) is 0 Å². The van der Waals surface area contributed by atoms with Gasteiger partial charge in [0.2, 0.25) is 0 Å². The van der Waals surface area contributed by atoms with E-state index in [1.807, 2.05) is 0 Å². The summed E-state index contributed by atoms with van der Waals surface area (Å²) >= 11 is 0. The third kappa shape index (κ3) is 6.90. The first-order valence-corrected chi connectivity index (χ1v) is 1.73. The summed E-state index contributed by atoms with van der Waals surface area (Å²) in [4.78, 5) is 26.2. The van der Waals surface area contributed by atoms with Crippen molar-refractivity contribution in [2.45, 2.75) is 0 Å². The Morgan fingerprint density at radius 3 is 1.56 bits per heavy atom. The van der Waals surface area contributed by atoms with Crippen LogP contribution < -0.4 is 0 Å². The fourth-order valence-electron chi connectivity index (χ4n) is 0.0841. The second-order valence-electron chi connectivity index (χ2n) is 0.873. The quantitative estimate of drug-likeness (QED) is 0.367. The van der Waals surface area contributed by atoms with E-state index in [2.05, 4.69) is 28.7 Å². The van der Waals surface area contributed by atoms with Gasteiger partial charge in [0.15, 0.2) is 0 Å². The number of carbonyl (C=O) groups excluding carboxylic acids is 2. The summed E-state index contributed by atoms with van der Waals surface area (Å²) in [6.07, 6.45) is 0. The van der Waals surface area contributed by atoms with E-state index in [0.29, 0.717) is 0 Å². The predicted octanol–water partition coefficient (Wildman–Crippen LogP) is -0.658. The van der Waals surface area contributed by atoms with E-state index in [-0.39, 0.29) is 0 Å². The van der Waals surface area contributed by atoms with Crippen molar-refractivity contribution in [3.8, 4) is 0 Å². The van der Waals surface area contributed by atoms with Gasteiger partial charge in [-0.3, -0.25) is 9.78 Å². The van der Waals surface area contributed by atoms with Crippen LogP contribution in [0, 0.1) is 13.8 Å². The van der Waals surface area contributed by atoms with E-state index < -0.39 is 11.9 Å². The average Bonchev–Trinajstić information content (AvgIpc) is 1.63. The number of rotatable bonds is 2. The summed E-state index contributed by atoms with van der Waals surface area (Å²) < 4.78 is 0. The van der Waals surface area contributed by atoms with Gasteiger partial charge in [-0.15, -0.1) is 0 Å². The fourth-order valence-corrected chi connectivity index (χ4v) is 0.0841. The molecule has 0 heterocycles. The summed E-state index contributed by atoms with van der Waals surface area (Å²) in [5, 5.41) is 3.41. The molecule has 0 bridgehead atoms. The third-order valence-electron chi connectivity index (χ3n) is 0.232. The molecule has 0 aliphatic rings. The van der Waals surface area contributed by atoms with Crippen molar-refractivity contribution >= 4 is 11.9 Å². The van der Waals surface area contributed by atoms with Gasteiger partial charge >= 0.3 is 11.9 Å². The van der Waals surface area contributed by atoms with Crippen LogP contribution in [-0.2, 0) is 24.4 Å². The van der Waals surface area contributed by atoms with Crippen molar-refractivity contribution in [1.82, 2.24) is 0 Å². The Hall–Kier alpha value is -1.10. The van der Waals surface area contributed by atoms with Gasteiger partial charge in [-0.05, 0) is 0 Å². The molecular weight excluding hydrogens is 128 g/mol. The Labute approximate surface area is 51.4 Å². The van der Waals surface area contributed by atoms with Crippen LogP contribution in [0.4, 0.5) is 0 Å². The largest absolute Gasteiger partial charge is 0.351 e. The minimum absolute atomic E-state index is 1.24. The van der Waals surface area contributed by atoms with Crippen LogP contribution in [0.1, 0.15) is 0 Å². The maximum absolute atomic E-state index is 9.62. The highest BCUT2D eigenvalue weighted by atomic mass is 17.5. The molecule has 0 amide bonds. The molecule has 0 aliphatic heterocycles. The molecule has 4 radical (unpaired) electrons. The molecule has 0 N–H and O–H groups in total. The van der Waals surface area contributed by atoms with Crippen LogP contribution in [0.2, 0.25) is 0 Å². The summed E-state index contributed by atoms with van der Waals surface area (Å²) in [6.45, 7) is 8.72. The minimum Gasteiger partial charge on any atom is -0.259 e. The molecule has 0 aliphatic carbocycles. The van der Waals surface area contributed by atoms with E-state index in [1.165, 1.54) is 0 Å². The third-order valence-corrected chi connectivity index (χ3v) is 0.232. The van der Waals surface area contributed by atoms with Gasteiger partial charge in [-0.1, -0.05) is 0 Å². The molecule has 0 aromatic carbocycles. The highest BCUT2D eigenvalue weighted by molar-refractivity contribution is 5.74. The van der Waals surface area contributed by atoms with Gasteiger partial charge < -0.3 is 0 Å². The van der Waals surface area contributed by atoms with E-state index in [9.17, 15) is 9.59 Å². The maximum Gasteiger partial charge on any atom is 0.351 e. The van der Waals surface area contributed by atoms with Crippen LogP contribution in [0.15, 0.2) is 0 Å². The van der Waals surface area contributed by atoms with E-state index in [1.54, 1.807) is 0 Å². The van der Waals surface area contributed by atoms with Gasteiger partial charge in [-0.2, -0.15) is 0 Å². The summed E-state index contributed by atoms with van der Waals surface area (Å²) in [6, 6.07) is 0. The van der Waals surface area contributed by atoms with Crippen molar-refractivity contribution in [3.05, 3.63) is 13.8 Å². The van der Waals surface area contributed by atoms with Crippen LogP contribution in [0.5, 0.6) is 0 Å². The van der Waals surface area contributed by atoms with Gasteiger partial charge in [0.25, 0.3) is 0 Å². The standard InChI is InChI=1S/C4H2O5/c1-3(5)7-9-8-4(2)6/h1-2H. The summed E-state index contributed by atoms with van der Waals surface area (Å²) in [5.74, 6) is -2.48. The zero-order valence-electron chi connectivity index (χ0n) is 4.20. The smallest absolute Gasteiger partial charge is 0.259 e. The highest BCUT2D eigenvalue weighted by Gasteiger charge is 1.97. The second kappa shape index (κ2) is 3.85. The molecule has 0 rings (SSSR count). The van der Waals surface area contributed by atoms with Crippen LogP contribution in [0.25, 0.3) is 0 Å². The van der Waals surface area contributed by atoms with Crippen molar-refractivity contribution in [1.29, 1.82) is 0 Å². The zero-order valence-corrected chi connectivity index (χ0v) is 4.20. The minimum atomic E-state index is -1.24. The molecule has 0 spiro atoms. The lowest BCUT2D eigenvalue weighted by atomic mass is 10.8. The Balaban J connectivity index is 3.10. The number of hydrogen-bond donors (Lipinski definition) is 0. The molecule has 0 fully saturated rings. The first kappa shape index (κ1) is 7.90. The Bertz CT molecular complexity index is 104. The average molecular weight is 130 g/mol.